The number of hydrogen-bond acceptors (Lipinski definition) is 2. The lowest BCUT2D eigenvalue weighted by atomic mass is 9.85. The molecule has 0 aliphatic heterocycles. The Morgan fingerprint density at radius 1 is 0.909 bits per heavy atom. The average molecular weight is 310 g/mol. The number of thiophene rings is 1. The number of methoxy groups -OCH3 is 1. The topological polar surface area (TPSA) is 9.23 Å². The molecule has 1 nitrogen and oxygen atoms in total. The molecule has 114 valence electrons. The Balaban J connectivity index is 2.30. The highest BCUT2D eigenvalue weighted by Crippen LogP contribution is 2.47. The van der Waals surface area contributed by atoms with E-state index in [0.717, 1.165) is 0 Å². The van der Waals surface area contributed by atoms with E-state index in [1.54, 1.807) is 0 Å². The Bertz CT molecular complexity index is 765. The zero-order chi connectivity index (χ0) is 15.7. The minimum atomic E-state index is 0.0547. The van der Waals surface area contributed by atoms with Gasteiger partial charge in [-0.3, -0.25) is 0 Å². The molecule has 0 aliphatic rings. The zero-order valence-corrected chi connectivity index (χ0v) is 14.4. The number of rotatable bonds is 3. The molecular formula is C20H22OS. The van der Waals surface area contributed by atoms with Gasteiger partial charge in [0.05, 0.1) is 6.10 Å². The Kier molecular flexibility index (Phi) is 4.07. The van der Waals surface area contributed by atoms with Crippen molar-refractivity contribution < 1.29 is 4.74 Å². The van der Waals surface area contributed by atoms with Crippen molar-refractivity contribution in [3.8, 4) is 11.1 Å². The third kappa shape index (κ3) is 2.69. The van der Waals surface area contributed by atoms with Crippen molar-refractivity contribution in [3.05, 3.63) is 59.5 Å². The summed E-state index contributed by atoms with van der Waals surface area (Å²) in [5, 5.41) is 1.32. The first-order valence-corrected chi connectivity index (χ1v) is 8.43. The second-order valence-corrected chi connectivity index (χ2v) is 7.77. The minimum absolute atomic E-state index is 0.0547. The molecule has 0 saturated heterocycles. The van der Waals surface area contributed by atoms with E-state index >= 15 is 0 Å². The maximum absolute atomic E-state index is 5.90. The minimum Gasteiger partial charge on any atom is -0.375 e. The predicted molar refractivity (Wildman–Crippen MR) is 96.5 cm³/mol. The second kappa shape index (κ2) is 5.86. The number of fused-ring (bicyclic) bond motifs is 1. The van der Waals surface area contributed by atoms with Crippen LogP contribution in [0.15, 0.2) is 54.6 Å². The van der Waals surface area contributed by atoms with E-state index in [9.17, 15) is 0 Å². The fourth-order valence-electron chi connectivity index (χ4n) is 3.01. The van der Waals surface area contributed by atoms with E-state index in [4.69, 9.17) is 4.74 Å². The largest absolute Gasteiger partial charge is 0.375 e. The Hall–Kier alpha value is -1.64. The van der Waals surface area contributed by atoms with Gasteiger partial charge in [-0.1, -0.05) is 69.3 Å². The van der Waals surface area contributed by atoms with Gasteiger partial charge in [-0.2, -0.15) is 0 Å². The van der Waals surface area contributed by atoms with Gasteiger partial charge in [-0.25, -0.2) is 0 Å². The van der Waals surface area contributed by atoms with Gasteiger partial charge in [-0.05, 0) is 17.0 Å². The van der Waals surface area contributed by atoms with E-state index in [2.05, 4.69) is 75.4 Å². The van der Waals surface area contributed by atoms with Crippen LogP contribution in [0.25, 0.3) is 21.2 Å². The first-order valence-electron chi connectivity index (χ1n) is 7.62. The fraction of sp³-hybridized carbons (Fsp3) is 0.300. The van der Waals surface area contributed by atoms with Crippen LogP contribution in [0, 0.1) is 5.41 Å². The molecule has 1 heterocycles. The molecule has 22 heavy (non-hydrogen) atoms. The molecule has 2 heteroatoms. The van der Waals surface area contributed by atoms with Crippen molar-refractivity contribution in [2.75, 3.05) is 7.11 Å². The second-order valence-electron chi connectivity index (χ2n) is 6.69. The summed E-state index contributed by atoms with van der Waals surface area (Å²) < 4.78 is 7.22. The van der Waals surface area contributed by atoms with E-state index in [0.29, 0.717) is 0 Å². The number of ether oxygens (including phenoxy) is 1. The van der Waals surface area contributed by atoms with Crippen LogP contribution in [0.2, 0.25) is 0 Å². The summed E-state index contributed by atoms with van der Waals surface area (Å²) in [4.78, 5) is 1.32. The Morgan fingerprint density at radius 3 is 2.18 bits per heavy atom. The normalized spacial score (nSPS) is 13.5. The summed E-state index contributed by atoms with van der Waals surface area (Å²) in [6.45, 7) is 6.71. The first-order chi connectivity index (χ1) is 10.5. The van der Waals surface area contributed by atoms with Gasteiger partial charge in [0.15, 0.2) is 0 Å². The SMILES string of the molecule is COC(c1sc2ccccc2c1-c1ccccc1)C(C)(C)C. The van der Waals surface area contributed by atoms with Crippen LogP contribution in [0.3, 0.4) is 0 Å². The third-order valence-electron chi connectivity index (χ3n) is 3.95. The Labute approximate surface area is 136 Å². The van der Waals surface area contributed by atoms with Crippen molar-refractivity contribution in [3.63, 3.8) is 0 Å². The van der Waals surface area contributed by atoms with Crippen LogP contribution in [0.1, 0.15) is 31.8 Å². The van der Waals surface area contributed by atoms with Crippen LogP contribution < -0.4 is 0 Å². The smallest absolute Gasteiger partial charge is 0.0967 e. The van der Waals surface area contributed by atoms with Gasteiger partial charge in [0.1, 0.15) is 0 Å². The monoisotopic (exact) mass is 310 g/mol. The van der Waals surface area contributed by atoms with Crippen molar-refractivity contribution in [2.45, 2.75) is 26.9 Å². The van der Waals surface area contributed by atoms with Gasteiger partial charge in [0.25, 0.3) is 0 Å². The van der Waals surface area contributed by atoms with Crippen LogP contribution in [0.5, 0.6) is 0 Å². The van der Waals surface area contributed by atoms with Gasteiger partial charge in [0.2, 0.25) is 0 Å². The molecule has 0 N–H and O–H groups in total. The van der Waals surface area contributed by atoms with E-state index in [1.807, 2.05) is 18.4 Å². The van der Waals surface area contributed by atoms with Crippen LogP contribution >= 0.6 is 11.3 Å². The molecule has 2 aromatic carbocycles. The van der Waals surface area contributed by atoms with Crippen molar-refractivity contribution in [1.82, 2.24) is 0 Å². The van der Waals surface area contributed by atoms with Crippen LogP contribution in [0.4, 0.5) is 0 Å². The molecule has 0 spiro atoms. The summed E-state index contributed by atoms with van der Waals surface area (Å²) in [6.07, 6.45) is 0.0834. The summed E-state index contributed by atoms with van der Waals surface area (Å²) in [7, 11) is 1.81. The Morgan fingerprint density at radius 2 is 1.55 bits per heavy atom. The lowest BCUT2D eigenvalue weighted by Crippen LogP contribution is -2.19. The summed E-state index contributed by atoms with van der Waals surface area (Å²) >= 11 is 1.85. The third-order valence-corrected chi connectivity index (χ3v) is 5.16. The van der Waals surface area contributed by atoms with Crippen molar-refractivity contribution in [2.24, 2.45) is 5.41 Å². The molecular weight excluding hydrogens is 288 g/mol. The van der Waals surface area contributed by atoms with E-state index in [-0.39, 0.29) is 11.5 Å². The number of hydrogen-bond donors (Lipinski definition) is 0. The summed E-state index contributed by atoms with van der Waals surface area (Å²) in [5.41, 5.74) is 2.64. The molecule has 1 aromatic heterocycles. The van der Waals surface area contributed by atoms with Crippen molar-refractivity contribution >= 4 is 21.4 Å². The molecule has 0 radical (unpaired) electrons. The fourth-order valence-corrected chi connectivity index (χ4v) is 4.56. The molecule has 1 unspecified atom stereocenters. The summed E-state index contributed by atoms with van der Waals surface area (Å²) in [6, 6.07) is 19.3. The molecule has 3 aromatic rings. The highest BCUT2D eigenvalue weighted by Gasteiger charge is 2.31. The van der Waals surface area contributed by atoms with Gasteiger partial charge < -0.3 is 4.74 Å². The van der Waals surface area contributed by atoms with Crippen LogP contribution in [-0.2, 0) is 4.74 Å². The van der Waals surface area contributed by atoms with E-state index in [1.165, 1.54) is 26.1 Å². The van der Waals surface area contributed by atoms with E-state index < -0.39 is 0 Å². The highest BCUT2D eigenvalue weighted by molar-refractivity contribution is 7.19. The van der Waals surface area contributed by atoms with Gasteiger partial charge in [-0.15, -0.1) is 11.3 Å². The van der Waals surface area contributed by atoms with Gasteiger partial charge >= 0.3 is 0 Å². The van der Waals surface area contributed by atoms with Crippen molar-refractivity contribution in [1.29, 1.82) is 0 Å². The van der Waals surface area contributed by atoms with Gasteiger partial charge in [0, 0.05) is 27.6 Å². The highest BCUT2D eigenvalue weighted by atomic mass is 32.1. The lowest BCUT2D eigenvalue weighted by molar-refractivity contribution is 0.0183. The molecule has 3 rings (SSSR count). The molecule has 0 aliphatic carbocycles. The molecule has 0 saturated carbocycles. The maximum Gasteiger partial charge on any atom is 0.0967 e. The molecule has 0 fully saturated rings. The predicted octanol–water partition coefficient (Wildman–Crippen LogP) is 6.30. The molecule has 0 bridgehead atoms. The summed E-state index contributed by atoms with van der Waals surface area (Å²) in [5.74, 6) is 0. The molecule has 0 amide bonds. The zero-order valence-electron chi connectivity index (χ0n) is 13.6. The quantitative estimate of drug-likeness (QED) is 0.551. The maximum atomic E-state index is 5.90. The first kappa shape index (κ1) is 15.3. The van der Waals surface area contributed by atoms with Crippen LogP contribution in [-0.4, -0.2) is 7.11 Å². The standard InChI is InChI=1S/C20H22OS/c1-20(2,3)19(21-4)18-17(14-10-6-5-7-11-14)15-12-8-9-13-16(15)22-18/h5-13,19H,1-4H3. The average Bonchev–Trinajstić information content (AvgIpc) is 2.86. The number of benzene rings is 2. The molecule has 1 atom stereocenters. The lowest BCUT2D eigenvalue weighted by Gasteiger charge is -2.29.